The standard InChI is InChI=1S/C12H19N3S/c1-8-14-6-12(16-8)7-15-10-2-3-11(15)5-9(13)4-10/h6,9-11H,2-5,7,13H2,1H3. The van der Waals surface area contributed by atoms with Crippen molar-refractivity contribution >= 4 is 11.3 Å². The van der Waals surface area contributed by atoms with E-state index in [4.69, 9.17) is 5.73 Å². The van der Waals surface area contributed by atoms with Gasteiger partial charge in [-0.25, -0.2) is 4.98 Å². The number of fused-ring (bicyclic) bond motifs is 2. The zero-order chi connectivity index (χ0) is 11.1. The van der Waals surface area contributed by atoms with E-state index in [1.54, 1.807) is 0 Å². The van der Waals surface area contributed by atoms with Crippen LogP contribution in [-0.2, 0) is 6.54 Å². The lowest BCUT2D eigenvalue weighted by molar-refractivity contribution is 0.121. The molecule has 0 amide bonds. The quantitative estimate of drug-likeness (QED) is 0.854. The fourth-order valence-corrected chi connectivity index (χ4v) is 4.04. The Morgan fingerprint density at radius 1 is 1.44 bits per heavy atom. The molecule has 1 aromatic heterocycles. The number of nitrogens with zero attached hydrogens (tertiary/aromatic N) is 2. The van der Waals surface area contributed by atoms with E-state index in [1.807, 2.05) is 17.5 Å². The van der Waals surface area contributed by atoms with Gasteiger partial charge in [-0.05, 0) is 32.6 Å². The van der Waals surface area contributed by atoms with Crippen molar-refractivity contribution in [2.24, 2.45) is 5.73 Å². The highest BCUT2D eigenvalue weighted by Gasteiger charge is 2.39. The second kappa shape index (κ2) is 4.09. The van der Waals surface area contributed by atoms with E-state index in [2.05, 4.69) is 16.8 Å². The number of hydrogen-bond donors (Lipinski definition) is 1. The molecule has 0 saturated carbocycles. The fraction of sp³-hybridized carbons (Fsp3) is 0.750. The molecule has 2 unspecified atom stereocenters. The van der Waals surface area contributed by atoms with Gasteiger partial charge in [0, 0.05) is 35.7 Å². The predicted octanol–water partition coefficient (Wildman–Crippen LogP) is 1.91. The molecule has 2 fully saturated rings. The molecule has 16 heavy (non-hydrogen) atoms. The first-order valence-corrected chi connectivity index (χ1v) is 6.96. The predicted molar refractivity (Wildman–Crippen MR) is 66.4 cm³/mol. The van der Waals surface area contributed by atoms with Crippen molar-refractivity contribution < 1.29 is 0 Å². The summed E-state index contributed by atoms with van der Waals surface area (Å²) in [5.74, 6) is 0. The first-order valence-electron chi connectivity index (χ1n) is 6.15. The van der Waals surface area contributed by atoms with Crippen molar-refractivity contribution in [3.8, 4) is 0 Å². The smallest absolute Gasteiger partial charge is 0.0897 e. The van der Waals surface area contributed by atoms with Crippen LogP contribution in [0.3, 0.4) is 0 Å². The molecular weight excluding hydrogens is 218 g/mol. The summed E-state index contributed by atoms with van der Waals surface area (Å²) in [4.78, 5) is 8.41. The van der Waals surface area contributed by atoms with Gasteiger partial charge in [-0.15, -0.1) is 11.3 Å². The summed E-state index contributed by atoms with van der Waals surface area (Å²) in [6.45, 7) is 3.17. The van der Waals surface area contributed by atoms with Crippen molar-refractivity contribution in [1.29, 1.82) is 0 Å². The molecule has 0 spiro atoms. The van der Waals surface area contributed by atoms with E-state index in [0.717, 1.165) is 18.6 Å². The Balaban J connectivity index is 1.72. The molecular formula is C12H19N3S. The number of piperidine rings is 1. The van der Waals surface area contributed by atoms with Crippen LogP contribution in [0, 0.1) is 6.92 Å². The molecule has 0 radical (unpaired) electrons. The Bertz CT molecular complexity index is 362. The highest BCUT2D eigenvalue weighted by atomic mass is 32.1. The summed E-state index contributed by atoms with van der Waals surface area (Å²) in [5, 5.41) is 1.18. The van der Waals surface area contributed by atoms with Gasteiger partial charge in [-0.2, -0.15) is 0 Å². The van der Waals surface area contributed by atoms with Crippen LogP contribution < -0.4 is 5.73 Å². The van der Waals surface area contributed by atoms with E-state index in [1.165, 1.54) is 35.6 Å². The summed E-state index contributed by atoms with van der Waals surface area (Å²) in [5.41, 5.74) is 6.08. The van der Waals surface area contributed by atoms with Gasteiger partial charge >= 0.3 is 0 Å². The van der Waals surface area contributed by atoms with Crippen LogP contribution in [0.25, 0.3) is 0 Å². The van der Waals surface area contributed by atoms with Gasteiger partial charge in [-0.1, -0.05) is 0 Å². The SMILES string of the molecule is Cc1ncc(CN2C3CCC2CC(N)C3)s1. The Labute approximate surface area is 101 Å². The van der Waals surface area contributed by atoms with Crippen molar-refractivity contribution in [2.75, 3.05) is 0 Å². The number of thiazole rings is 1. The Morgan fingerprint density at radius 2 is 2.12 bits per heavy atom. The third-order valence-electron chi connectivity index (χ3n) is 3.93. The third-order valence-corrected chi connectivity index (χ3v) is 4.83. The lowest BCUT2D eigenvalue weighted by Gasteiger charge is -2.37. The molecule has 2 N–H and O–H groups in total. The molecule has 88 valence electrons. The van der Waals surface area contributed by atoms with E-state index in [0.29, 0.717) is 6.04 Å². The molecule has 0 aliphatic carbocycles. The molecule has 4 heteroatoms. The largest absolute Gasteiger partial charge is 0.328 e. The first-order chi connectivity index (χ1) is 7.72. The minimum Gasteiger partial charge on any atom is -0.328 e. The van der Waals surface area contributed by atoms with Gasteiger partial charge in [0.2, 0.25) is 0 Å². The van der Waals surface area contributed by atoms with Crippen molar-refractivity contribution in [3.63, 3.8) is 0 Å². The molecule has 3 nitrogen and oxygen atoms in total. The topological polar surface area (TPSA) is 42.2 Å². The minimum atomic E-state index is 0.442. The molecule has 0 aromatic carbocycles. The van der Waals surface area contributed by atoms with Crippen LogP contribution in [-0.4, -0.2) is 28.0 Å². The zero-order valence-electron chi connectivity index (χ0n) is 9.72. The minimum absolute atomic E-state index is 0.442. The van der Waals surface area contributed by atoms with Crippen LogP contribution in [0.15, 0.2) is 6.20 Å². The maximum absolute atomic E-state index is 6.08. The average molecular weight is 237 g/mol. The van der Waals surface area contributed by atoms with Crippen LogP contribution in [0.5, 0.6) is 0 Å². The number of hydrogen-bond acceptors (Lipinski definition) is 4. The van der Waals surface area contributed by atoms with Crippen molar-refractivity contribution in [2.45, 2.75) is 57.3 Å². The average Bonchev–Trinajstić information content (AvgIpc) is 2.72. The lowest BCUT2D eigenvalue weighted by atomic mass is 9.98. The molecule has 3 heterocycles. The normalized spacial score (nSPS) is 34.5. The molecule has 2 aliphatic rings. The first kappa shape index (κ1) is 10.7. The highest BCUT2D eigenvalue weighted by molar-refractivity contribution is 7.11. The Kier molecular flexibility index (Phi) is 2.73. The summed E-state index contributed by atoms with van der Waals surface area (Å²) in [7, 11) is 0. The lowest BCUT2D eigenvalue weighted by Crippen LogP contribution is -2.46. The number of aromatic nitrogens is 1. The van der Waals surface area contributed by atoms with Crippen LogP contribution in [0.2, 0.25) is 0 Å². The maximum atomic E-state index is 6.08. The zero-order valence-corrected chi connectivity index (χ0v) is 10.5. The molecule has 2 aliphatic heterocycles. The van der Waals surface area contributed by atoms with Gasteiger partial charge in [0.15, 0.2) is 0 Å². The molecule has 2 saturated heterocycles. The van der Waals surface area contributed by atoms with E-state index >= 15 is 0 Å². The van der Waals surface area contributed by atoms with Gasteiger partial charge in [0.1, 0.15) is 0 Å². The van der Waals surface area contributed by atoms with Gasteiger partial charge in [-0.3, -0.25) is 4.90 Å². The van der Waals surface area contributed by atoms with E-state index < -0.39 is 0 Å². The molecule has 3 rings (SSSR count). The third kappa shape index (κ3) is 1.90. The van der Waals surface area contributed by atoms with Crippen LogP contribution in [0.1, 0.15) is 35.6 Å². The Hall–Kier alpha value is -0.450. The summed E-state index contributed by atoms with van der Waals surface area (Å²) in [6, 6.07) is 1.91. The second-order valence-corrected chi connectivity index (χ2v) is 6.45. The number of rotatable bonds is 2. The second-order valence-electron chi connectivity index (χ2n) is 5.13. The molecule has 2 atom stereocenters. The van der Waals surface area contributed by atoms with Crippen LogP contribution in [0.4, 0.5) is 0 Å². The maximum Gasteiger partial charge on any atom is 0.0897 e. The number of nitrogens with two attached hydrogens (primary N) is 1. The fourth-order valence-electron chi connectivity index (χ4n) is 3.23. The molecule has 1 aromatic rings. The van der Waals surface area contributed by atoms with Gasteiger partial charge in [0.25, 0.3) is 0 Å². The molecule has 2 bridgehead atoms. The van der Waals surface area contributed by atoms with Crippen molar-refractivity contribution in [3.05, 3.63) is 16.1 Å². The van der Waals surface area contributed by atoms with Crippen molar-refractivity contribution in [1.82, 2.24) is 9.88 Å². The van der Waals surface area contributed by atoms with E-state index in [9.17, 15) is 0 Å². The summed E-state index contributed by atoms with van der Waals surface area (Å²) >= 11 is 1.83. The number of aryl methyl sites for hydroxylation is 1. The Morgan fingerprint density at radius 3 is 2.69 bits per heavy atom. The monoisotopic (exact) mass is 237 g/mol. The highest BCUT2D eigenvalue weighted by Crippen LogP contribution is 2.36. The van der Waals surface area contributed by atoms with Crippen LogP contribution >= 0.6 is 11.3 Å². The van der Waals surface area contributed by atoms with Gasteiger partial charge in [0.05, 0.1) is 5.01 Å². The van der Waals surface area contributed by atoms with E-state index in [-0.39, 0.29) is 0 Å². The summed E-state index contributed by atoms with van der Waals surface area (Å²) in [6.07, 6.45) is 7.10. The summed E-state index contributed by atoms with van der Waals surface area (Å²) < 4.78 is 0. The van der Waals surface area contributed by atoms with Gasteiger partial charge < -0.3 is 5.73 Å².